The highest BCUT2D eigenvalue weighted by Gasteiger charge is 2.12. The Hall–Kier alpha value is -1.07. The summed E-state index contributed by atoms with van der Waals surface area (Å²) >= 11 is 3.32. The molecule has 1 aromatic rings. The Bertz CT molecular complexity index is 395. The van der Waals surface area contributed by atoms with Crippen LogP contribution in [0.15, 0.2) is 22.7 Å². The Morgan fingerprint density at radius 1 is 1.59 bits per heavy atom. The largest absolute Gasteiger partial charge is 0.478 e. The number of halogens is 1. The van der Waals surface area contributed by atoms with Crippen LogP contribution in [0.3, 0.4) is 0 Å². The summed E-state index contributed by atoms with van der Waals surface area (Å²) < 4.78 is 6.12. The Kier molecular flexibility index (Phi) is 5.44. The summed E-state index contributed by atoms with van der Waals surface area (Å²) in [5.74, 6) is -0.941. The van der Waals surface area contributed by atoms with Gasteiger partial charge in [-0.05, 0) is 32.0 Å². The Labute approximate surface area is 109 Å². The maximum absolute atomic E-state index is 11.0. The van der Waals surface area contributed by atoms with Crippen LogP contribution in [0.5, 0.6) is 0 Å². The summed E-state index contributed by atoms with van der Waals surface area (Å²) in [7, 11) is 0. The molecule has 17 heavy (non-hydrogen) atoms. The van der Waals surface area contributed by atoms with E-state index in [1.807, 2.05) is 13.8 Å². The zero-order valence-electron chi connectivity index (χ0n) is 9.87. The predicted molar refractivity (Wildman–Crippen MR) is 70.7 cm³/mol. The molecular formula is C12H16BrNO3. The summed E-state index contributed by atoms with van der Waals surface area (Å²) in [4.78, 5) is 11.0. The molecule has 0 bridgehead atoms. The third kappa shape index (κ3) is 4.36. The van der Waals surface area contributed by atoms with E-state index in [1.165, 1.54) is 0 Å². The summed E-state index contributed by atoms with van der Waals surface area (Å²) in [5.41, 5.74) is 0.857. The average molecular weight is 302 g/mol. The van der Waals surface area contributed by atoms with Gasteiger partial charge in [0.15, 0.2) is 0 Å². The zero-order valence-corrected chi connectivity index (χ0v) is 11.5. The molecule has 0 aliphatic rings. The van der Waals surface area contributed by atoms with Gasteiger partial charge in [0.05, 0.1) is 17.9 Å². The number of nitrogens with one attached hydrogen (secondary N) is 1. The van der Waals surface area contributed by atoms with E-state index in [9.17, 15) is 4.79 Å². The highest BCUT2D eigenvalue weighted by atomic mass is 79.9. The molecule has 1 aromatic carbocycles. The zero-order chi connectivity index (χ0) is 12.8. The number of ether oxygens (including phenoxy) is 1. The molecule has 4 nitrogen and oxygen atoms in total. The van der Waals surface area contributed by atoms with Crippen molar-refractivity contribution in [3.8, 4) is 0 Å². The number of anilines is 1. The summed E-state index contributed by atoms with van der Waals surface area (Å²) in [5, 5.41) is 12.2. The Morgan fingerprint density at radius 3 is 2.88 bits per heavy atom. The number of hydrogen-bond acceptors (Lipinski definition) is 3. The monoisotopic (exact) mass is 301 g/mol. The number of carboxylic acids is 1. The van der Waals surface area contributed by atoms with Crippen molar-refractivity contribution in [1.82, 2.24) is 0 Å². The molecule has 0 aliphatic carbocycles. The molecule has 0 spiro atoms. The van der Waals surface area contributed by atoms with Gasteiger partial charge in [-0.2, -0.15) is 0 Å². The smallest absolute Gasteiger partial charge is 0.337 e. The van der Waals surface area contributed by atoms with Crippen molar-refractivity contribution in [1.29, 1.82) is 0 Å². The van der Waals surface area contributed by atoms with Crippen LogP contribution in [0, 0.1) is 0 Å². The predicted octanol–water partition coefficient (Wildman–Crippen LogP) is 2.98. The minimum Gasteiger partial charge on any atom is -0.478 e. The topological polar surface area (TPSA) is 58.6 Å². The van der Waals surface area contributed by atoms with Crippen LogP contribution in [0.2, 0.25) is 0 Å². The van der Waals surface area contributed by atoms with E-state index in [2.05, 4.69) is 21.2 Å². The molecule has 1 unspecified atom stereocenters. The number of benzene rings is 1. The highest BCUT2D eigenvalue weighted by molar-refractivity contribution is 9.10. The molecule has 1 atom stereocenters. The SMILES string of the molecule is CCOCC(C)Nc1cc(Br)ccc1C(=O)O. The highest BCUT2D eigenvalue weighted by Crippen LogP contribution is 2.22. The minimum atomic E-state index is -0.941. The first-order valence-electron chi connectivity index (χ1n) is 5.41. The van der Waals surface area contributed by atoms with Crippen LogP contribution in [0.4, 0.5) is 5.69 Å². The molecule has 0 aliphatic heterocycles. The van der Waals surface area contributed by atoms with Crippen molar-refractivity contribution in [2.24, 2.45) is 0 Å². The number of carboxylic acid groups (broad SMARTS) is 1. The number of aromatic carboxylic acids is 1. The molecule has 0 radical (unpaired) electrons. The van der Waals surface area contributed by atoms with Gasteiger partial charge in [-0.25, -0.2) is 4.79 Å². The summed E-state index contributed by atoms with van der Waals surface area (Å²) in [6, 6.07) is 5.10. The van der Waals surface area contributed by atoms with E-state index in [1.54, 1.807) is 18.2 Å². The van der Waals surface area contributed by atoms with Crippen LogP contribution in [0.25, 0.3) is 0 Å². The van der Waals surface area contributed by atoms with Gasteiger partial charge in [0.25, 0.3) is 0 Å². The molecule has 5 heteroatoms. The van der Waals surface area contributed by atoms with Crippen LogP contribution in [0.1, 0.15) is 24.2 Å². The van der Waals surface area contributed by atoms with Gasteiger partial charge in [0.2, 0.25) is 0 Å². The van der Waals surface area contributed by atoms with Crippen LogP contribution in [-0.2, 0) is 4.74 Å². The second kappa shape index (κ2) is 6.61. The fourth-order valence-electron chi connectivity index (χ4n) is 1.42. The van der Waals surface area contributed by atoms with Gasteiger partial charge in [-0.15, -0.1) is 0 Å². The van der Waals surface area contributed by atoms with Gasteiger partial charge in [0, 0.05) is 17.1 Å². The quantitative estimate of drug-likeness (QED) is 0.848. The molecule has 0 saturated carbocycles. The van der Waals surface area contributed by atoms with E-state index >= 15 is 0 Å². The molecule has 0 heterocycles. The van der Waals surface area contributed by atoms with Crippen LogP contribution in [-0.4, -0.2) is 30.3 Å². The average Bonchev–Trinajstić information content (AvgIpc) is 2.26. The molecule has 1 rings (SSSR count). The van der Waals surface area contributed by atoms with Gasteiger partial charge < -0.3 is 15.2 Å². The number of rotatable bonds is 6. The molecular weight excluding hydrogens is 286 g/mol. The molecule has 0 aromatic heterocycles. The third-order valence-corrected chi connectivity index (χ3v) is 2.68. The fraction of sp³-hybridized carbons (Fsp3) is 0.417. The Morgan fingerprint density at radius 2 is 2.29 bits per heavy atom. The minimum absolute atomic E-state index is 0.0577. The lowest BCUT2D eigenvalue weighted by atomic mass is 10.1. The molecule has 0 saturated heterocycles. The summed E-state index contributed by atoms with van der Waals surface area (Å²) in [6.07, 6.45) is 0. The van der Waals surface area contributed by atoms with Crippen molar-refractivity contribution in [2.75, 3.05) is 18.5 Å². The van der Waals surface area contributed by atoms with Crippen LogP contribution < -0.4 is 5.32 Å². The van der Waals surface area contributed by atoms with Crippen molar-refractivity contribution < 1.29 is 14.6 Å². The lowest BCUT2D eigenvalue weighted by molar-refractivity contribution is 0.0697. The lowest BCUT2D eigenvalue weighted by Crippen LogP contribution is -2.23. The molecule has 2 N–H and O–H groups in total. The van der Waals surface area contributed by atoms with Crippen molar-refractivity contribution in [3.63, 3.8) is 0 Å². The van der Waals surface area contributed by atoms with E-state index in [0.717, 1.165) is 4.47 Å². The second-order valence-electron chi connectivity index (χ2n) is 3.70. The van der Waals surface area contributed by atoms with E-state index in [4.69, 9.17) is 9.84 Å². The van der Waals surface area contributed by atoms with Crippen molar-refractivity contribution >= 4 is 27.6 Å². The number of carbonyl (C=O) groups is 1. The standard InChI is InChI=1S/C12H16BrNO3/c1-3-17-7-8(2)14-11-6-9(13)4-5-10(11)12(15)16/h4-6,8,14H,3,7H2,1-2H3,(H,15,16). The van der Waals surface area contributed by atoms with E-state index < -0.39 is 5.97 Å². The molecule has 0 fully saturated rings. The van der Waals surface area contributed by atoms with Gasteiger partial charge in [-0.3, -0.25) is 0 Å². The van der Waals surface area contributed by atoms with Crippen molar-refractivity contribution in [3.05, 3.63) is 28.2 Å². The normalized spacial score (nSPS) is 12.2. The first-order chi connectivity index (χ1) is 8.04. The van der Waals surface area contributed by atoms with Crippen LogP contribution >= 0.6 is 15.9 Å². The van der Waals surface area contributed by atoms with Crippen molar-refractivity contribution in [2.45, 2.75) is 19.9 Å². The maximum Gasteiger partial charge on any atom is 0.337 e. The lowest BCUT2D eigenvalue weighted by Gasteiger charge is -2.17. The first-order valence-corrected chi connectivity index (χ1v) is 6.21. The van der Waals surface area contributed by atoms with Gasteiger partial charge in [0.1, 0.15) is 0 Å². The second-order valence-corrected chi connectivity index (χ2v) is 4.62. The third-order valence-electron chi connectivity index (χ3n) is 2.19. The van der Waals surface area contributed by atoms with Gasteiger partial charge in [-0.1, -0.05) is 15.9 Å². The molecule has 94 valence electrons. The Balaban J connectivity index is 2.81. The van der Waals surface area contributed by atoms with Gasteiger partial charge >= 0.3 is 5.97 Å². The number of hydrogen-bond donors (Lipinski definition) is 2. The molecule has 0 amide bonds. The van der Waals surface area contributed by atoms with E-state index in [-0.39, 0.29) is 11.6 Å². The fourth-order valence-corrected chi connectivity index (χ4v) is 1.79. The summed E-state index contributed by atoms with van der Waals surface area (Å²) in [6.45, 7) is 5.06. The first kappa shape index (κ1) is 14.0. The maximum atomic E-state index is 11.0. The van der Waals surface area contributed by atoms with E-state index in [0.29, 0.717) is 18.9 Å².